The van der Waals surface area contributed by atoms with Crippen LogP contribution in [-0.2, 0) is 0 Å². The summed E-state index contributed by atoms with van der Waals surface area (Å²) in [5.74, 6) is 2.72. The fraction of sp³-hybridized carbons (Fsp3) is 1.00. The van der Waals surface area contributed by atoms with Gasteiger partial charge in [0, 0.05) is 11.5 Å². The van der Waals surface area contributed by atoms with Crippen LogP contribution in [0.1, 0.15) is 12.8 Å². The lowest BCUT2D eigenvalue weighted by Gasteiger charge is -1.85. The Morgan fingerprint density at radius 3 is 2.00 bits per heavy atom. The molecule has 0 nitrogen and oxygen atoms in total. The van der Waals surface area contributed by atoms with E-state index in [9.17, 15) is 0 Å². The lowest BCUT2D eigenvalue weighted by atomic mass is 10.4. The Morgan fingerprint density at radius 2 is 1.43 bits per heavy atom. The van der Waals surface area contributed by atoms with Crippen molar-refractivity contribution >= 4 is 31.4 Å². The van der Waals surface area contributed by atoms with Crippen molar-refractivity contribution in [1.29, 1.82) is 0 Å². The fourth-order valence-electron chi connectivity index (χ4n) is 0.424. The van der Waals surface area contributed by atoms with Crippen LogP contribution < -0.4 is 0 Å². The van der Waals surface area contributed by atoms with Crippen LogP contribution in [0.2, 0.25) is 0 Å². The summed E-state index contributed by atoms with van der Waals surface area (Å²) in [5.41, 5.74) is 0. The third-order valence-electron chi connectivity index (χ3n) is 0.802. The van der Waals surface area contributed by atoms with Gasteiger partial charge in [-0.25, -0.2) is 0 Å². The standard InChI is InChI=1S/C4H8S3/c1-2-4-6-7-5-3-1/h1-4H2. The highest BCUT2D eigenvalue weighted by Gasteiger charge is 1.97. The van der Waals surface area contributed by atoms with E-state index in [-0.39, 0.29) is 0 Å². The van der Waals surface area contributed by atoms with Gasteiger partial charge in [-0.15, -0.1) is 0 Å². The van der Waals surface area contributed by atoms with Gasteiger partial charge in [-0.1, -0.05) is 21.6 Å². The molecule has 0 radical (unpaired) electrons. The molecule has 1 rings (SSSR count). The van der Waals surface area contributed by atoms with Crippen LogP contribution in [0.25, 0.3) is 0 Å². The summed E-state index contributed by atoms with van der Waals surface area (Å²) in [5, 5.41) is 0. The second-order valence-corrected chi connectivity index (χ2v) is 5.89. The van der Waals surface area contributed by atoms with Crippen LogP contribution >= 0.6 is 31.4 Å². The first-order valence-electron chi connectivity index (χ1n) is 2.41. The Balaban J connectivity index is 2.04. The molecule has 1 aliphatic heterocycles. The van der Waals surface area contributed by atoms with Crippen LogP contribution in [0.15, 0.2) is 0 Å². The average Bonchev–Trinajstić information content (AvgIpc) is 1.90. The normalized spacial score (nSPS) is 24.0. The maximum atomic E-state index is 2.00. The molecule has 0 amide bonds. The predicted molar refractivity (Wildman–Crippen MR) is 41.7 cm³/mol. The van der Waals surface area contributed by atoms with E-state index in [1.807, 2.05) is 31.4 Å². The van der Waals surface area contributed by atoms with Crippen molar-refractivity contribution in [2.75, 3.05) is 11.5 Å². The SMILES string of the molecule is C1CCSSSC1. The van der Waals surface area contributed by atoms with Crippen molar-refractivity contribution < 1.29 is 0 Å². The highest BCUT2D eigenvalue weighted by Crippen LogP contribution is 2.38. The molecule has 0 bridgehead atoms. The maximum Gasteiger partial charge on any atom is 0.00454 e. The van der Waals surface area contributed by atoms with Gasteiger partial charge in [-0.05, 0) is 22.7 Å². The van der Waals surface area contributed by atoms with Gasteiger partial charge in [0.2, 0.25) is 0 Å². The third kappa shape index (κ3) is 2.77. The van der Waals surface area contributed by atoms with Crippen LogP contribution in [0, 0.1) is 0 Å². The van der Waals surface area contributed by atoms with E-state index in [2.05, 4.69) is 0 Å². The number of hydrogen-bond acceptors (Lipinski definition) is 3. The Morgan fingerprint density at radius 1 is 0.857 bits per heavy atom. The molecule has 0 aliphatic carbocycles. The summed E-state index contributed by atoms with van der Waals surface area (Å²) < 4.78 is 0. The number of rotatable bonds is 0. The lowest BCUT2D eigenvalue weighted by molar-refractivity contribution is 0.912. The summed E-state index contributed by atoms with van der Waals surface area (Å²) in [6, 6.07) is 0. The van der Waals surface area contributed by atoms with Gasteiger partial charge in [0.05, 0.1) is 0 Å². The minimum absolute atomic E-state index is 1.36. The van der Waals surface area contributed by atoms with Crippen LogP contribution in [0.5, 0.6) is 0 Å². The monoisotopic (exact) mass is 152 g/mol. The van der Waals surface area contributed by atoms with E-state index in [4.69, 9.17) is 0 Å². The molecule has 0 unspecified atom stereocenters. The van der Waals surface area contributed by atoms with E-state index in [1.54, 1.807) is 0 Å². The Bertz CT molecular complexity index is 26.5. The van der Waals surface area contributed by atoms with Gasteiger partial charge in [0.25, 0.3) is 0 Å². The van der Waals surface area contributed by atoms with Gasteiger partial charge in [0.15, 0.2) is 0 Å². The Hall–Kier alpha value is 1.05. The minimum Gasteiger partial charge on any atom is -0.0826 e. The van der Waals surface area contributed by atoms with Crippen molar-refractivity contribution in [2.24, 2.45) is 0 Å². The molecule has 0 saturated carbocycles. The Labute approximate surface area is 56.0 Å². The van der Waals surface area contributed by atoms with Crippen LogP contribution in [0.4, 0.5) is 0 Å². The summed E-state index contributed by atoms with van der Waals surface area (Å²) >= 11 is 0. The molecule has 1 fully saturated rings. The van der Waals surface area contributed by atoms with Crippen LogP contribution in [-0.4, -0.2) is 11.5 Å². The minimum atomic E-state index is 1.36. The highest BCUT2D eigenvalue weighted by atomic mass is 33.5. The summed E-state index contributed by atoms with van der Waals surface area (Å²) in [7, 11) is 5.94. The van der Waals surface area contributed by atoms with E-state index >= 15 is 0 Å². The van der Waals surface area contributed by atoms with Crippen molar-refractivity contribution in [3.8, 4) is 0 Å². The Kier molecular flexibility index (Phi) is 3.51. The lowest BCUT2D eigenvalue weighted by Crippen LogP contribution is -1.74. The molecular weight excluding hydrogens is 144 g/mol. The first kappa shape index (κ1) is 6.17. The highest BCUT2D eigenvalue weighted by molar-refractivity contribution is 9.09. The molecule has 0 aromatic carbocycles. The topological polar surface area (TPSA) is 0 Å². The summed E-state index contributed by atoms with van der Waals surface area (Å²) in [6.45, 7) is 0. The second-order valence-electron chi connectivity index (χ2n) is 1.42. The van der Waals surface area contributed by atoms with Gasteiger partial charge in [0.1, 0.15) is 0 Å². The average molecular weight is 152 g/mol. The molecule has 42 valence electrons. The predicted octanol–water partition coefficient (Wildman–Crippen LogP) is 2.81. The quantitative estimate of drug-likeness (QED) is 0.490. The molecule has 3 heteroatoms. The molecule has 1 saturated heterocycles. The molecule has 7 heavy (non-hydrogen) atoms. The van der Waals surface area contributed by atoms with Crippen LogP contribution in [0.3, 0.4) is 0 Å². The van der Waals surface area contributed by atoms with Gasteiger partial charge in [-0.2, -0.15) is 0 Å². The van der Waals surface area contributed by atoms with E-state index < -0.39 is 0 Å². The fourth-order valence-corrected chi connectivity index (χ4v) is 4.43. The first-order valence-corrected chi connectivity index (χ1v) is 6.23. The zero-order valence-electron chi connectivity index (χ0n) is 4.05. The van der Waals surface area contributed by atoms with Gasteiger partial charge in [-0.3, -0.25) is 0 Å². The molecular formula is C4H8S3. The van der Waals surface area contributed by atoms with Crippen molar-refractivity contribution in [1.82, 2.24) is 0 Å². The zero-order valence-corrected chi connectivity index (χ0v) is 6.50. The second kappa shape index (κ2) is 3.98. The van der Waals surface area contributed by atoms with E-state index in [0.717, 1.165) is 0 Å². The summed E-state index contributed by atoms with van der Waals surface area (Å²) in [6.07, 6.45) is 2.84. The molecule has 0 spiro atoms. The van der Waals surface area contributed by atoms with E-state index in [1.165, 1.54) is 24.3 Å². The van der Waals surface area contributed by atoms with Crippen molar-refractivity contribution in [2.45, 2.75) is 12.8 Å². The molecule has 0 atom stereocenters. The van der Waals surface area contributed by atoms with Crippen molar-refractivity contribution in [3.63, 3.8) is 0 Å². The molecule has 0 aromatic rings. The largest absolute Gasteiger partial charge is 0.0826 e. The smallest absolute Gasteiger partial charge is 0.00454 e. The van der Waals surface area contributed by atoms with Gasteiger partial charge < -0.3 is 0 Å². The van der Waals surface area contributed by atoms with E-state index in [0.29, 0.717) is 0 Å². The number of hydrogen-bond donors (Lipinski definition) is 0. The molecule has 0 N–H and O–H groups in total. The third-order valence-corrected chi connectivity index (χ3v) is 5.21. The molecule has 0 aromatic heterocycles. The zero-order chi connectivity index (χ0) is 4.95. The van der Waals surface area contributed by atoms with Crippen molar-refractivity contribution in [3.05, 3.63) is 0 Å². The summed E-state index contributed by atoms with van der Waals surface area (Å²) in [4.78, 5) is 0. The first-order chi connectivity index (χ1) is 3.50. The maximum absolute atomic E-state index is 2.00. The molecule has 1 heterocycles. The molecule has 1 aliphatic rings. The van der Waals surface area contributed by atoms with Gasteiger partial charge >= 0.3 is 0 Å².